The molecule has 0 unspecified atom stereocenters. The van der Waals surface area contributed by atoms with E-state index in [1.54, 1.807) is 6.92 Å². The van der Waals surface area contributed by atoms with Gasteiger partial charge in [0.2, 0.25) is 4.08 Å². The van der Waals surface area contributed by atoms with Gasteiger partial charge in [0, 0.05) is 12.5 Å². The van der Waals surface area contributed by atoms with Gasteiger partial charge >= 0.3 is 5.97 Å². The Hall–Kier alpha value is -2.21. The van der Waals surface area contributed by atoms with Gasteiger partial charge in [-0.25, -0.2) is 26.6 Å². The molecule has 0 spiro atoms. The largest absolute Gasteiger partial charge is 0.462 e. The Bertz CT molecular complexity index is 876. The Labute approximate surface area is 145 Å². The molecule has 0 saturated carbocycles. The maximum Gasteiger partial charge on any atom is 0.341 e. The van der Waals surface area contributed by atoms with Crippen LogP contribution in [0.4, 0.5) is 11.6 Å². The summed E-state index contributed by atoms with van der Waals surface area (Å²) in [6.45, 7) is 2.51. The molecule has 1 aromatic rings. The highest BCUT2D eigenvalue weighted by Crippen LogP contribution is 2.25. The van der Waals surface area contributed by atoms with Crippen molar-refractivity contribution >= 4 is 43.2 Å². The fourth-order valence-corrected chi connectivity index (χ4v) is 4.74. The molecule has 0 aliphatic rings. The summed E-state index contributed by atoms with van der Waals surface area (Å²) >= 11 is 0. The van der Waals surface area contributed by atoms with Gasteiger partial charge in [0.15, 0.2) is 19.7 Å². The van der Waals surface area contributed by atoms with Crippen molar-refractivity contribution in [1.82, 2.24) is 4.98 Å². The molecule has 0 aliphatic heterocycles. The lowest BCUT2D eigenvalue weighted by Gasteiger charge is -2.24. The molecular weight excluding hydrogens is 374 g/mol. The van der Waals surface area contributed by atoms with Gasteiger partial charge in [-0.1, -0.05) is 0 Å². The minimum atomic E-state index is -4.31. The molecule has 0 fully saturated rings. The second-order valence-electron chi connectivity index (χ2n) is 5.29. The number of carbonyl (C=O) groups is 2. The van der Waals surface area contributed by atoms with Crippen LogP contribution in [0.3, 0.4) is 0 Å². The first-order chi connectivity index (χ1) is 11.3. The first-order valence-corrected chi connectivity index (χ1v) is 10.7. The van der Waals surface area contributed by atoms with Crippen LogP contribution in [0.1, 0.15) is 24.2 Å². The Morgan fingerprint density at radius 3 is 2.12 bits per heavy atom. The van der Waals surface area contributed by atoms with Crippen molar-refractivity contribution in [3.8, 4) is 0 Å². The second-order valence-corrected chi connectivity index (χ2v) is 10.3. The van der Waals surface area contributed by atoms with E-state index in [9.17, 15) is 26.4 Å². The van der Waals surface area contributed by atoms with Crippen molar-refractivity contribution in [2.24, 2.45) is 0 Å². The van der Waals surface area contributed by atoms with E-state index in [2.05, 4.69) is 10.3 Å². The van der Waals surface area contributed by atoms with Crippen LogP contribution in [0, 0.1) is 0 Å². The number of esters is 1. The Kier molecular flexibility index (Phi) is 5.80. The van der Waals surface area contributed by atoms with E-state index in [1.165, 1.54) is 12.1 Å². The predicted molar refractivity (Wildman–Crippen MR) is 91.3 cm³/mol. The molecule has 1 amide bonds. The highest BCUT2D eigenvalue weighted by atomic mass is 32.3. The highest BCUT2D eigenvalue weighted by molar-refractivity contribution is 8.10. The summed E-state index contributed by atoms with van der Waals surface area (Å²) in [7, 11) is -8.63. The highest BCUT2D eigenvalue weighted by Gasteiger charge is 2.53. The number of hydrogen-bond acceptors (Lipinski definition) is 9. The number of nitrogen functional groups attached to an aromatic ring is 1. The monoisotopic (exact) mass is 393 g/mol. The quantitative estimate of drug-likeness (QED) is 0.611. The zero-order chi connectivity index (χ0) is 19.6. The summed E-state index contributed by atoms with van der Waals surface area (Å²) in [5, 5.41) is 2.09. The predicted octanol–water partition coefficient (Wildman–Crippen LogP) is -0.416. The zero-order valence-corrected chi connectivity index (χ0v) is 15.7. The molecule has 140 valence electrons. The lowest BCUT2D eigenvalue weighted by Crippen LogP contribution is -2.52. The number of nitrogens with zero attached hydrogens (tertiary/aromatic N) is 1. The molecule has 1 aromatic heterocycles. The van der Waals surface area contributed by atoms with Crippen LogP contribution in [0.2, 0.25) is 0 Å². The number of aromatic nitrogens is 1. The van der Waals surface area contributed by atoms with Crippen molar-refractivity contribution < 1.29 is 31.2 Å². The average molecular weight is 393 g/mol. The van der Waals surface area contributed by atoms with Crippen molar-refractivity contribution in [2.45, 2.75) is 17.9 Å². The number of carbonyl (C=O) groups excluding carboxylic acids is 2. The van der Waals surface area contributed by atoms with Crippen LogP contribution in [0.25, 0.3) is 0 Å². The van der Waals surface area contributed by atoms with Crippen LogP contribution in [-0.2, 0) is 29.2 Å². The van der Waals surface area contributed by atoms with Gasteiger partial charge in [0.25, 0.3) is 5.91 Å². The lowest BCUT2D eigenvalue weighted by molar-refractivity contribution is -0.116. The maximum atomic E-state index is 12.3. The van der Waals surface area contributed by atoms with Crippen LogP contribution in [0.5, 0.6) is 0 Å². The third kappa shape index (κ3) is 4.07. The molecule has 1 heterocycles. The van der Waals surface area contributed by atoms with Crippen molar-refractivity contribution in [2.75, 3.05) is 30.2 Å². The molecule has 0 bridgehead atoms. The number of sulfone groups is 2. The molecular formula is C13H19N3O7S2. The molecule has 10 nitrogen and oxygen atoms in total. The van der Waals surface area contributed by atoms with Crippen molar-refractivity contribution in [3.63, 3.8) is 0 Å². The maximum absolute atomic E-state index is 12.3. The van der Waals surface area contributed by atoms with Gasteiger partial charge in [0.1, 0.15) is 17.2 Å². The second kappa shape index (κ2) is 6.96. The fraction of sp³-hybridized carbons (Fsp3) is 0.462. The smallest absolute Gasteiger partial charge is 0.341 e. The van der Waals surface area contributed by atoms with Gasteiger partial charge < -0.3 is 15.8 Å². The van der Waals surface area contributed by atoms with E-state index in [0.29, 0.717) is 12.5 Å². The molecule has 25 heavy (non-hydrogen) atoms. The third-order valence-electron chi connectivity index (χ3n) is 3.49. The van der Waals surface area contributed by atoms with Gasteiger partial charge in [0.05, 0.1) is 6.61 Å². The molecule has 3 N–H and O–H groups in total. The van der Waals surface area contributed by atoms with Gasteiger partial charge in [-0.15, -0.1) is 0 Å². The summed E-state index contributed by atoms with van der Waals surface area (Å²) < 4.78 is 49.5. The number of pyridine rings is 1. The minimum Gasteiger partial charge on any atom is -0.462 e. The first-order valence-electron chi connectivity index (χ1n) is 6.90. The van der Waals surface area contributed by atoms with E-state index in [0.717, 1.165) is 6.92 Å². The molecule has 0 aliphatic carbocycles. The number of nitrogens with two attached hydrogens (primary N) is 1. The summed E-state index contributed by atoms with van der Waals surface area (Å²) in [6.07, 6.45) is 1.28. The van der Waals surface area contributed by atoms with Gasteiger partial charge in [-0.05, 0) is 26.0 Å². The molecule has 0 radical (unpaired) electrons. The summed E-state index contributed by atoms with van der Waals surface area (Å²) in [4.78, 5) is 27.7. The number of nitrogens with one attached hydrogen (secondary N) is 1. The molecule has 1 rings (SSSR count). The topological polar surface area (TPSA) is 163 Å². The first kappa shape index (κ1) is 20.8. The zero-order valence-electron chi connectivity index (χ0n) is 14.1. The van der Waals surface area contributed by atoms with Crippen LogP contribution in [-0.4, -0.2) is 56.9 Å². The molecule has 0 atom stereocenters. The van der Waals surface area contributed by atoms with E-state index in [4.69, 9.17) is 10.5 Å². The Morgan fingerprint density at radius 2 is 1.72 bits per heavy atom. The SMILES string of the molecule is CCOC(=O)c1ccc(NC(=O)C(C)(S(C)(=O)=O)S(C)(=O)=O)nc1N. The van der Waals surface area contributed by atoms with E-state index in [1.807, 2.05) is 0 Å². The summed E-state index contributed by atoms with van der Waals surface area (Å²) in [5.74, 6) is -2.51. The number of amides is 1. The van der Waals surface area contributed by atoms with Crippen molar-refractivity contribution in [3.05, 3.63) is 17.7 Å². The third-order valence-corrected chi connectivity index (χ3v) is 8.51. The standard InChI is InChI=1S/C13H19N3O7S2/c1-5-23-11(17)8-6-7-9(15-10(8)14)16-12(18)13(2,24(3,19)20)25(4,21)22/h6-7H,5H2,1-4H3,(H3,14,15,16,18). The van der Waals surface area contributed by atoms with Crippen LogP contribution in [0.15, 0.2) is 12.1 Å². The van der Waals surface area contributed by atoms with Crippen LogP contribution < -0.4 is 11.1 Å². The lowest BCUT2D eigenvalue weighted by atomic mass is 10.2. The van der Waals surface area contributed by atoms with E-state index >= 15 is 0 Å². The molecule has 0 aromatic carbocycles. The number of hydrogen-bond donors (Lipinski definition) is 2. The minimum absolute atomic E-state index is 0.0474. The number of rotatable bonds is 6. The summed E-state index contributed by atoms with van der Waals surface area (Å²) in [5.41, 5.74) is 5.56. The molecule has 0 saturated heterocycles. The Balaban J connectivity index is 3.24. The molecule has 12 heteroatoms. The Morgan fingerprint density at radius 1 is 1.20 bits per heavy atom. The number of anilines is 2. The fourth-order valence-electron chi connectivity index (χ4n) is 1.77. The van der Waals surface area contributed by atoms with Crippen LogP contribution >= 0.6 is 0 Å². The normalized spacial score (nSPS) is 12.5. The number of ether oxygens (including phenoxy) is 1. The van der Waals surface area contributed by atoms with Gasteiger partial charge in [-0.3, -0.25) is 4.79 Å². The average Bonchev–Trinajstić information content (AvgIpc) is 2.44. The summed E-state index contributed by atoms with van der Waals surface area (Å²) in [6, 6.07) is 2.39. The van der Waals surface area contributed by atoms with E-state index in [-0.39, 0.29) is 23.8 Å². The van der Waals surface area contributed by atoms with E-state index < -0.39 is 35.6 Å². The van der Waals surface area contributed by atoms with Crippen molar-refractivity contribution in [1.29, 1.82) is 0 Å². The van der Waals surface area contributed by atoms with Gasteiger partial charge in [-0.2, -0.15) is 0 Å².